The summed E-state index contributed by atoms with van der Waals surface area (Å²) in [6.45, 7) is 7.81. The largest absolute Gasteiger partial charge is 0.478 e. The van der Waals surface area contributed by atoms with Gasteiger partial charge in [-0.3, -0.25) is 4.79 Å². The van der Waals surface area contributed by atoms with E-state index in [1.807, 2.05) is 31.4 Å². The third-order valence-electron chi connectivity index (χ3n) is 3.46. The van der Waals surface area contributed by atoms with Gasteiger partial charge in [0.15, 0.2) is 5.78 Å². The highest BCUT2D eigenvalue weighted by Crippen LogP contribution is 2.30. The van der Waals surface area contributed by atoms with Crippen LogP contribution in [-0.4, -0.2) is 21.4 Å². The molecule has 1 aromatic heterocycles. The topological polar surface area (TPSA) is 59.3 Å². The lowest BCUT2D eigenvalue weighted by atomic mass is 10.0. The lowest BCUT2D eigenvalue weighted by Crippen LogP contribution is -2.04. The molecule has 0 fully saturated rings. The number of nitrogens with zero attached hydrogens (tertiary/aromatic N) is 1. The van der Waals surface area contributed by atoms with E-state index in [1.165, 1.54) is 6.92 Å². The van der Waals surface area contributed by atoms with Crippen LogP contribution in [0.3, 0.4) is 0 Å². The Kier molecular flexibility index (Phi) is 3.18. The monoisotopic (exact) mass is 259 g/mol. The van der Waals surface area contributed by atoms with E-state index in [0.717, 1.165) is 16.6 Å². The number of benzene rings is 1. The van der Waals surface area contributed by atoms with Crippen molar-refractivity contribution in [1.29, 1.82) is 0 Å². The molecule has 1 heterocycles. The molecule has 4 heteroatoms. The molecule has 0 saturated carbocycles. The summed E-state index contributed by atoms with van der Waals surface area (Å²) in [5, 5.41) is 10.1. The van der Waals surface area contributed by atoms with Crippen molar-refractivity contribution in [3.63, 3.8) is 0 Å². The predicted octanol–water partition coefficient (Wildman–Crippen LogP) is 3.18. The molecule has 100 valence electrons. The van der Waals surface area contributed by atoms with Crippen LogP contribution in [0.25, 0.3) is 10.9 Å². The highest BCUT2D eigenvalue weighted by molar-refractivity contribution is 6.13. The van der Waals surface area contributed by atoms with Crippen molar-refractivity contribution in [3.8, 4) is 0 Å². The Balaban J connectivity index is 3.05. The zero-order valence-corrected chi connectivity index (χ0v) is 11.6. The summed E-state index contributed by atoms with van der Waals surface area (Å²) in [4.78, 5) is 23.3. The Morgan fingerprint density at radius 2 is 1.89 bits per heavy atom. The number of carboxylic acids is 1. The number of aryl methyl sites for hydroxylation is 2. The quantitative estimate of drug-likeness (QED) is 0.861. The van der Waals surface area contributed by atoms with Gasteiger partial charge in [0.05, 0.1) is 11.1 Å². The van der Waals surface area contributed by atoms with Crippen LogP contribution in [0.15, 0.2) is 12.1 Å². The molecule has 0 saturated heterocycles. The first-order chi connectivity index (χ1) is 8.88. The van der Waals surface area contributed by atoms with E-state index in [2.05, 4.69) is 0 Å². The second-order valence-corrected chi connectivity index (χ2v) is 4.77. The molecule has 0 bridgehead atoms. The van der Waals surface area contributed by atoms with Gasteiger partial charge in [0.1, 0.15) is 0 Å². The van der Waals surface area contributed by atoms with Crippen LogP contribution in [0.5, 0.6) is 0 Å². The number of hydrogen-bond donors (Lipinski definition) is 1. The number of aromatic nitrogens is 1. The summed E-state index contributed by atoms with van der Waals surface area (Å²) in [6.07, 6.45) is 0. The Bertz CT molecular complexity index is 695. The number of aromatic carboxylic acids is 1. The van der Waals surface area contributed by atoms with Crippen LogP contribution >= 0.6 is 0 Å². The molecule has 0 radical (unpaired) electrons. The lowest BCUT2D eigenvalue weighted by Gasteiger charge is -2.07. The molecular formula is C15H17NO3. The van der Waals surface area contributed by atoms with E-state index in [-0.39, 0.29) is 11.3 Å². The fourth-order valence-corrected chi connectivity index (χ4v) is 2.76. The van der Waals surface area contributed by atoms with Crippen LogP contribution in [0.2, 0.25) is 0 Å². The standard InChI is InChI=1S/C15H17NO3/c1-5-16-9(3)13(10(4)17)11-6-8(2)7-12(14(11)16)15(18)19/h6-7H,5H2,1-4H3,(H,18,19). The predicted molar refractivity (Wildman–Crippen MR) is 74.0 cm³/mol. The van der Waals surface area contributed by atoms with Gasteiger partial charge in [-0.05, 0) is 45.4 Å². The normalized spacial score (nSPS) is 10.9. The van der Waals surface area contributed by atoms with Crippen molar-refractivity contribution in [3.05, 3.63) is 34.5 Å². The molecule has 0 aliphatic heterocycles. The van der Waals surface area contributed by atoms with Crippen molar-refractivity contribution in [1.82, 2.24) is 4.57 Å². The van der Waals surface area contributed by atoms with Gasteiger partial charge < -0.3 is 9.67 Å². The van der Waals surface area contributed by atoms with E-state index in [4.69, 9.17) is 0 Å². The minimum absolute atomic E-state index is 0.0309. The molecule has 1 N–H and O–H groups in total. The minimum atomic E-state index is -0.962. The minimum Gasteiger partial charge on any atom is -0.478 e. The zero-order valence-electron chi connectivity index (χ0n) is 11.6. The average Bonchev–Trinajstić information content (AvgIpc) is 2.59. The number of rotatable bonds is 3. The first-order valence-corrected chi connectivity index (χ1v) is 6.26. The molecule has 1 aromatic carbocycles. The Labute approximate surface area is 111 Å². The average molecular weight is 259 g/mol. The van der Waals surface area contributed by atoms with Crippen molar-refractivity contribution in [2.75, 3.05) is 0 Å². The Hall–Kier alpha value is -2.10. The van der Waals surface area contributed by atoms with E-state index < -0.39 is 5.97 Å². The fraction of sp³-hybridized carbons (Fsp3) is 0.333. The Morgan fingerprint density at radius 1 is 1.26 bits per heavy atom. The van der Waals surface area contributed by atoms with Gasteiger partial charge in [-0.2, -0.15) is 0 Å². The maximum atomic E-state index is 11.8. The molecule has 0 spiro atoms. The molecule has 0 atom stereocenters. The third-order valence-corrected chi connectivity index (χ3v) is 3.46. The van der Waals surface area contributed by atoms with Crippen LogP contribution in [0.1, 0.15) is 45.8 Å². The maximum absolute atomic E-state index is 11.8. The number of fused-ring (bicyclic) bond motifs is 1. The highest BCUT2D eigenvalue weighted by atomic mass is 16.4. The van der Waals surface area contributed by atoms with Crippen LogP contribution in [0, 0.1) is 13.8 Å². The summed E-state index contributed by atoms with van der Waals surface area (Å²) in [6, 6.07) is 3.54. The summed E-state index contributed by atoms with van der Waals surface area (Å²) in [5.74, 6) is -0.993. The van der Waals surface area contributed by atoms with Gasteiger partial charge in [0, 0.05) is 23.2 Å². The molecule has 0 unspecified atom stereocenters. The van der Waals surface area contributed by atoms with Gasteiger partial charge in [-0.25, -0.2) is 4.79 Å². The lowest BCUT2D eigenvalue weighted by molar-refractivity contribution is 0.0698. The number of hydrogen-bond acceptors (Lipinski definition) is 2. The van der Waals surface area contributed by atoms with Gasteiger partial charge in [-0.1, -0.05) is 0 Å². The molecule has 0 aliphatic carbocycles. The summed E-state index contributed by atoms with van der Waals surface area (Å²) >= 11 is 0. The fourth-order valence-electron chi connectivity index (χ4n) is 2.76. The van der Waals surface area contributed by atoms with Crippen LogP contribution in [0.4, 0.5) is 0 Å². The molecule has 0 amide bonds. The molecular weight excluding hydrogens is 242 g/mol. The SMILES string of the molecule is CCn1c(C)c(C(C)=O)c2cc(C)cc(C(=O)O)c21. The second-order valence-electron chi connectivity index (χ2n) is 4.77. The maximum Gasteiger partial charge on any atom is 0.337 e. The van der Waals surface area contributed by atoms with E-state index in [1.54, 1.807) is 6.07 Å². The molecule has 19 heavy (non-hydrogen) atoms. The smallest absolute Gasteiger partial charge is 0.337 e. The third kappa shape index (κ3) is 1.93. The van der Waals surface area contributed by atoms with Gasteiger partial charge in [0.2, 0.25) is 0 Å². The van der Waals surface area contributed by atoms with E-state index >= 15 is 0 Å². The number of carboxylic acid groups (broad SMARTS) is 1. The summed E-state index contributed by atoms with van der Waals surface area (Å²) in [7, 11) is 0. The first-order valence-electron chi connectivity index (χ1n) is 6.26. The van der Waals surface area contributed by atoms with Crippen LogP contribution < -0.4 is 0 Å². The molecule has 0 aliphatic rings. The number of Topliss-reactive ketones (excluding diaryl/α,β-unsaturated/α-hetero) is 1. The van der Waals surface area contributed by atoms with E-state index in [9.17, 15) is 14.7 Å². The van der Waals surface area contributed by atoms with Crippen molar-refractivity contribution >= 4 is 22.7 Å². The number of ketones is 1. The number of carbonyl (C=O) groups is 2. The zero-order chi connectivity index (χ0) is 14.3. The van der Waals surface area contributed by atoms with Gasteiger partial charge >= 0.3 is 5.97 Å². The second kappa shape index (κ2) is 4.53. The summed E-state index contributed by atoms with van der Waals surface area (Å²) in [5.41, 5.74) is 3.21. The van der Waals surface area contributed by atoms with E-state index in [0.29, 0.717) is 17.6 Å². The molecule has 2 rings (SSSR count). The van der Waals surface area contributed by atoms with Crippen molar-refractivity contribution < 1.29 is 14.7 Å². The Morgan fingerprint density at radius 3 is 2.37 bits per heavy atom. The highest BCUT2D eigenvalue weighted by Gasteiger charge is 2.21. The van der Waals surface area contributed by atoms with Crippen molar-refractivity contribution in [2.24, 2.45) is 0 Å². The summed E-state index contributed by atoms with van der Waals surface area (Å²) < 4.78 is 1.90. The first kappa shape index (κ1) is 13.3. The van der Waals surface area contributed by atoms with Crippen LogP contribution in [-0.2, 0) is 6.54 Å². The van der Waals surface area contributed by atoms with Crippen molar-refractivity contribution in [2.45, 2.75) is 34.2 Å². The molecule has 4 nitrogen and oxygen atoms in total. The molecule has 2 aromatic rings. The van der Waals surface area contributed by atoms with Gasteiger partial charge in [-0.15, -0.1) is 0 Å². The van der Waals surface area contributed by atoms with Gasteiger partial charge in [0.25, 0.3) is 0 Å². The number of carbonyl (C=O) groups excluding carboxylic acids is 1.